The third-order valence-corrected chi connectivity index (χ3v) is 9.32. The smallest absolute Gasteiger partial charge is 0.328 e. The molecule has 2 atom stereocenters. The van der Waals surface area contributed by atoms with E-state index in [1.807, 2.05) is 0 Å². The molecule has 0 saturated carbocycles. The monoisotopic (exact) mass is 345 g/mol. The fraction of sp³-hybridized carbons (Fsp3) is 0.875. The Morgan fingerprint density at radius 3 is 2.48 bits per heavy atom. The molecule has 134 valence electrons. The van der Waals surface area contributed by atoms with E-state index in [9.17, 15) is 9.59 Å². The molecule has 1 aliphatic heterocycles. The summed E-state index contributed by atoms with van der Waals surface area (Å²) in [4.78, 5) is 24.1. The first kappa shape index (κ1) is 20.1. The molecule has 0 aromatic rings. The molecule has 1 rings (SSSR count). The van der Waals surface area contributed by atoms with Gasteiger partial charge in [0.05, 0.1) is 19.6 Å². The molecule has 23 heavy (non-hydrogen) atoms. The number of hydrogen-bond donors (Lipinski definition) is 1. The molecular formula is C16H31NO5Si. The Bertz CT molecular complexity index is 413. The van der Waals surface area contributed by atoms with E-state index in [2.05, 4.69) is 39.2 Å². The Labute approximate surface area is 140 Å². The molecule has 0 spiro atoms. The van der Waals surface area contributed by atoms with Crippen LogP contribution in [0.3, 0.4) is 0 Å². The number of methoxy groups -OCH3 is 1. The van der Waals surface area contributed by atoms with E-state index in [0.717, 1.165) is 0 Å². The average Bonchev–Trinajstić information content (AvgIpc) is 2.98. The Morgan fingerprint density at radius 1 is 1.35 bits per heavy atom. The Morgan fingerprint density at radius 2 is 2.00 bits per heavy atom. The van der Waals surface area contributed by atoms with Crippen LogP contribution in [0.1, 0.15) is 33.6 Å². The molecule has 0 unspecified atom stereocenters. The first-order valence-corrected chi connectivity index (χ1v) is 11.1. The highest BCUT2D eigenvalue weighted by Gasteiger charge is 2.37. The van der Waals surface area contributed by atoms with Crippen molar-refractivity contribution in [3.05, 3.63) is 0 Å². The number of carbonyl (C=O) groups excluding carboxylic acids is 2. The van der Waals surface area contributed by atoms with Crippen LogP contribution in [0.5, 0.6) is 0 Å². The van der Waals surface area contributed by atoms with Crippen molar-refractivity contribution >= 4 is 20.2 Å². The number of amides is 1. The van der Waals surface area contributed by atoms with Gasteiger partial charge in [-0.15, -0.1) is 0 Å². The molecule has 1 amide bonds. The van der Waals surface area contributed by atoms with Crippen molar-refractivity contribution in [3.8, 4) is 0 Å². The summed E-state index contributed by atoms with van der Waals surface area (Å²) in [5.74, 6) is -0.759. The first-order valence-electron chi connectivity index (χ1n) is 8.18. The van der Waals surface area contributed by atoms with Crippen LogP contribution in [-0.4, -0.2) is 53.2 Å². The summed E-state index contributed by atoms with van der Waals surface area (Å²) in [5.41, 5.74) is 0. The first-order chi connectivity index (χ1) is 10.6. The lowest BCUT2D eigenvalue weighted by atomic mass is 10.1. The maximum atomic E-state index is 12.2. The summed E-state index contributed by atoms with van der Waals surface area (Å²) in [6, 6.07) is -0.669. The van der Waals surface area contributed by atoms with Crippen molar-refractivity contribution in [1.29, 1.82) is 0 Å². The van der Waals surface area contributed by atoms with Crippen LogP contribution in [0.4, 0.5) is 0 Å². The van der Waals surface area contributed by atoms with E-state index in [1.165, 1.54) is 7.11 Å². The largest absolute Gasteiger partial charge is 0.467 e. The van der Waals surface area contributed by atoms with Gasteiger partial charge < -0.3 is 19.2 Å². The molecule has 0 radical (unpaired) electrons. The van der Waals surface area contributed by atoms with Crippen molar-refractivity contribution in [2.24, 2.45) is 5.92 Å². The highest BCUT2D eigenvalue weighted by atomic mass is 28.4. The third kappa shape index (κ3) is 5.89. The Hall–Kier alpha value is -0.923. The molecular weight excluding hydrogens is 314 g/mol. The van der Waals surface area contributed by atoms with Crippen molar-refractivity contribution in [2.75, 3.05) is 26.9 Å². The van der Waals surface area contributed by atoms with Crippen molar-refractivity contribution in [1.82, 2.24) is 5.32 Å². The summed E-state index contributed by atoms with van der Waals surface area (Å²) in [6.07, 6.45) is 1.11. The quantitative estimate of drug-likeness (QED) is 0.565. The molecule has 1 N–H and O–H groups in total. The standard InChI is InChI=1S/C16H31NO5Si/c1-16(2,3)23(5,6)22-10-8-13(15(19)20-4)17-14(18)12-7-9-21-11-12/h12-13H,7-11H2,1-6H3,(H,17,18)/t12-,13-/m0/s1. The lowest BCUT2D eigenvalue weighted by Crippen LogP contribution is -2.46. The van der Waals surface area contributed by atoms with Gasteiger partial charge in [-0.25, -0.2) is 4.79 Å². The zero-order valence-corrected chi connectivity index (χ0v) is 16.2. The molecule has 1 heterocycles. The number of esters is 1. The van der Waals surface area contributed by atoms with E-state index < -0.39 is 20.3 Å². The van der Waals surface area contributed by atoms with Crippen molar-refractivity contribution in [3.63, 3.8) is 0 Å². The SMILES string of the molecule is COC(=O)[C@H](CCO[Si](C)(C)C(C)(C)C)NC(=O)[C@H]1CCOC1. The molecule has 0 aromatic carbocycles. The second-order valence-corrected chi connectivity index (χ2v) is 12.4. The van der Waals surface area contributed by atoms with Crippen LogP contribution in [-0.2, 0) is 23.5 Å². The number of nitrogens with one attached hydrogen (secondary N) is 1. The number of hydrogen-bond acceptors (Lipinski definition) is 5. The molecule has 0 aliphatic carbocycles. The summed E-state index contributed by atoms with van der Waals surface area (Å²) in [6.45, 7) is 12.3. The molecule has 1 aliphatic rings. The van der Waals surface area contributed by atoms with Crippen LogP contribution in [0.15, 0.2) is 0 Å². The predicted molar refractivity (Wildman–Crippen MR) is 90.6 cm³/mol. The number of rotatable bonds is 7. The van der Waals surface area contributed by atoms with Crippen LogP contribution in [0.2, 0.25) is 18.1 Å². The molecule has 1 saturated heterocycles. The average molecular weight is 346 g/mol. The van der Waals surface area contributed by atoms with Crippen molar-refractivity contribution in [2.45, 2.75) is 57.8 Å². The van der Waals surface area contributed by atoms with Crippen molar-refractivity contribution < 1.29 is 23.5 Å². The van der Waals surface area contributed by atoms with E-state index in [0.29, 0.717) is 32.7 Å². The predicted octanol–water partition coefficient (Wildman–Crippen LogP) is 2.09. The molecule has 1 fully saturated rings. The molecule has 6 nitrogen and oxygen atoms in total. The summed E-state index contributed by atoms with van der Waals surface area (Å²) >= 11 is 0. The van der Waals surface area contributed by atoms with E-state index >= 15 is 0 Å². The van der Waals surface area contributed by atoms with Crippen LogP contribution in [0, 0.1) is 5.92 Å². The third-order valence-electron chi connectivity index (χ3n) is 4.78. The minimum atomic E-state index is -1.87. The zero-order chi connectivity index (χ0) is 17.7. The van der Waals surface area contributed by atoms with Gasteiger partial charge >= 0.3 is 5.97 Å². The minimum Gasteiger partial charge on any atom is -0.467 e. The van der Waals surface area contributed by atoms with Gasteiger partial charge in [0, 0.05) is 19.6 Å². The maximum absolute atomic E-state index is 12.2. The van der Waals surface area contributed by atoms with Crippen LogP contribution >= 0.6 is 0 Å². The Kier molecular flexibility index (Phi) is 7.22. The number of ether oxygens (including phenoxy) is 2. The lowest BCUT2D eigenvalue weighted by Gasteiger charge is -2.36. The van der Waals surface area contributed by atoms with Gasteiger partial charge in [0.15, 0.2) is 8.32 Å². The lowest BCUT2D eigenvalue weighted by molar-refractivity contribution is -0.146. The van der Waals surface area contributed by atoms with Crippen LogP contribution < -0.4 is 5.32 Å². The zero-order valence-electron chi connectivity index (χ0n) is 15.2. The van der Waals surface area contributed by atoms with E-state index in [-0.39, 0.29) is 16.9 Å². The summed E-state index contributed by atoms with van der Waals surface area (Å²) < 4.78 is 16.1. The topological polar surface area (TPSA) is 73.9 Å². The van der Waals surface area contributed by atoms with Gasteiger partial charge in [0.25, 0.3) is 0 Å². The normalized spacial score (nSPS) is 20.2. The highest BCUT2D eigenvalue weighted by Crippen LogP contribution is 2.36. The highest BCUT2D eigenvalue weighted by molar-refractivity contribution is 6.74. The Balaban J connectivity index is 2.55. The van der Waals surface area contributed by atoms with Gasteiger partial charge in [-0.05, 0) is 24.6 Å². The van der Waals surface area contributed by atoms with E-state index in [4.69, 9.17) is 13.9 Å². The fourth-order valence-electron chi connectivity index (χ4n) is 2.07. The summed E-state index contributed by atoms with van der Waals surface area (Å²) in [5, 5.41) is 2.89. The van der Waals surface area contributed by atoms with Gasteiger partial charge in [-0.2, -0.15) is 0 Å². The second-order valence-electron chi connectivity index (χ2n) is 7.54. The van der Waals surface area contributed by atoms with Gasteiger partial charge in [-0.3, -0.25) is 4.79 Å². The number of carbonyl (C=O) groups is 2. The van der Waals surface area contributed by atoms with Gasteiger partial charge in [-0.1, -0.05) is 20.8 Å². The van der Waals surface area contributed by atoms with Gasteiger partial charge in [0.1, 0.15) is 6.04 Å². The van der Waals surface area contributed by atoms with Crippen LogP contribution in [0.25, 0.3) is 0 Å². The maximum Gasteiger partial charge on any atom is 0.328 e. The summed E-state index contributed by atoms with van der Waals surface area (Å²) in [7, 11) is -0.539. The minimum absolute atomic E-state index is 0.109. The van der Waals surface area contributed by atoms with Gasteiger partial charge in [0.2, 0.25) is 5.91 Å². The second kappa shape index (κ2) is 8.26. The fourth-order valence-corrected chi connectivity index (χ4v) is 3.13. The molecule has 7 heteroatoms. The molecule has 0 bridgehead atoms. The van der Waals surface area contributed by atoms with E-state index in [1.54, 1.807) is 0 Å². The molecule has 0 aromatic heterocycles.